The quantitative estimate of drug-likeness (QED) is 0.434. The molecule has 0 saturated heterocycles. The lowest BCUT2D eigenvalue weighted by Gasteiger charge is -2.25. The summed E-state index contributed by atoms with van der Waals surface area (Å²) in [5, 5.41) is 3.11. The van der Waals surface area contributed by atoms with Crippen molar-refractivity contribution in [3.05, 3.63) is 94.5 Å². The van der Waals surface area contributed by atoms with Crippen molar-refractivity contribution in [1.82, 2.24) is 5.09 Å². The Balaban J connectivity index is 1.96. The van der Waals surface area contributed by atoms with Gasteiger partial charge in [0.05, 0.1) is 0 Å². The number of nitrogens with one attached hydrogen (secondary N) is 1. The number of benzene rings is 3. The highest BCUT2D eigenvalue weighted by molar-refractivity contribution is 7.52. The first kappa shape index (κ1) is 21.2. The zero-order valence-corrected chi connectivity index (χ0v) is 18.5. The molecular weight excluding hydrogens is 381 g/mol. The molecule has 0 spiro atoms. The summed E-state index contributed by atoms with van der Waals surface area (Å²) in [5.41, 5.74) is 5.01. The van der Waals surface area contributed by atoms with Crippen LogP contribution < -0.4 is 14.1 Å². The Morgan fingerprint density at radius 2 is 1.21 bits per heavy atom. The fourth-order valence-corrected chi connectivity index (χ4v) is 4.71. The van der Waals surface area contributed by atoms with E-state index in [1.807, 2.05) is 101 Å². The van der Waals surface area contributed by atoms with E-state index in [0.717, 1.165) is 27.8 Å². The summed E-state index contributed by atoms with van der Waals surface area (Å²) >= 11 is 0. The topological polar surface area (TPSA) is 47.6 Å². The molecule has 0 aliphatic carbocycles. The summed E-state index contributed by atoms with van der Waals surface area (Å²) in [6.07, 6.45) is 0. The van der Waals surface area contributed by atoms with Gasteiger partial charge in [0.2, 0.25) is 0 Å². The third kappa shape index (κ3) is 5.09. The predicted molar refractivity (Wildman–Crippen MR) is 119 cm³/mol. The molecule has 3 aromatic carbocycles. The summed E-state index contributed by atoms with van der Waals surface area (Å²) in [6.45, 7) is 9.85. The van der Waals surface area contributed by atoms with Crippen LogP contribution in [0.5, 0.6) is 11.5 Å². The van der Waals surface area contributed by atoms with Gasteiger partial charge in [-0.15, -0.1) is 0 Å². The average Bonchev–Trinajstić information content (AvgIpc) is 2.70. The zero-order chi connectivity index (χ0) is 21.0. The van der Waals surface area contributed by atoms with E-state index in [2.05, 4.69) is 5.09 Å². The van der Waals surface area contributed by atoms with E-state index >= 15 is 0 Å². The molecule has 0 unspecified atom stereocenters. The summed E-state index contributed by atoms with van der Waals surface area (Å²) in [5.74, 6) is 1.10. The molecule has 0 heterocycles. The maximum atomic E-state index is 13.9. The maximum absolute atomic E-state index is 13.9. The maximum Gasteiger partial charge on any atom is 0.513 e. The van der Waals surface area contributed by atoms with E-state index in [1.54, 1.807) is 0 Å². The van der Waals surface area contributed by atoms with Crippen molar-refractivity contribution >= 4 is 7.75 Å². The van der Waals surface area contributed by atoms with Gasteiger partial charge in [-0.1, -0.05) is 54.6 Å². The van der Waals surface area contributed by atoms with Crippen molar-refractivity contribution in [2.45, 2.75) is 40.7 Å². The Bertz CT molecular complexity index is 976. The lowest BCUT2D eigenvalue weighted by molar-refractivity contribution is 0.361. The van der Waals surface area contributed by atoms with Crippen molar-refractivity contribution in [2.24, 2.45) is 0 Å². The predicted octanol–water partition coefficient (Wildman–Crippen LogP) is 6.84. The molecule has 0 aliphatic heterocycles. The van der Waals surface area contributed by atoms with E-state index in [-0.39, 0.29) is 6.04 Å². The molecule has 5 heteroatoms. The summed E-state index contributed by atoms with van der Waals surface area (Å²) in [6, 6.07) is 21.0. The van der Waals surface area contributed by atoms with Crippen molar-refractivity contribution in [3.8, 4) is 11.5 Å². The average molecular weight is 409 g/mol. The molecule has 1 N–H and O–H groups in total. The monoisotopic (exact) mass is 409 g/mol. The first-order chi connectivity index (χ1) is 13.8. The van der Waals surface area contributed by atoms with Crippen LogP contribution in [0.25, 0.3) is 0 Å². The molecule has 0 fully saturated rings. The third-order valence-electron chi connectivity index (χ3n) is 5.20. The van der Waals surface area contributed by atoms with Crippen LogP contribution in [0, 0.1) is 27.7 Å². The van der Waals surface area contributed by atoms with E-state index in [0.29, 0.717) is 11.5 Å². The molecule has 0 amide bonds. The lowest BCUT2D eigenvalue weighted by Crippen LogP contribution is -2.22. The minimum absolute atomic E-state index is 0.225. The van der Waals surface area contributed by atoms with Crippen molar-refractivity contribution < 1.29 is 13.6 Å². The van der Waals surface area contributed by atoms with Crippen LogP contribution in [0.4, 0.5) is 0 Å². The molecule has 0 saturated carbocycles. The molecule has 152 valence electrons. The van der Waals surface area contributed by atoms with Gasteiger partial charge in [0, 0.05) is 6.04 Å². The number of hydrogen-bond acceptors (Lipinski definition) is 3. The highest BCUT2D eigenvalue weighted by atomic mass is 31.2. The molecule has 0 aromatic heterocycles. The van der Waals surface area contributed by atoms with E-state index in [9.17, 15) is 4.57 Å². The van der Waals surface area contributed by atoms with E-state index < -0.39 is 7.75 Å². The number of rotatable bonds is 7. The Hall–Kier alpha value is -2.55. The second-order valence-corrected chi connectivity index (χ2v) is 8.96. The Labute approximate surface area is 173 Å². The Morgan fingerprint density at radius 1 is 0.724 bits per heavy atom. The minimum atomic E-state index is -3.73. The van der Waals surface area contributed by atoms with Gasteiger partial charge in [-0.25, -0.2) is 4.57 Å². The van der Waals surface area contributed by atoms with Crippen LogP contribution in [0.3, 0.4) is 0 Å². The first-order valence-corrected chi connectivity index (χ1v) is 11.3. The minimum Gasteiger partial charge on any atom is -0.404 e. The van der Waals surface area contributed by atoms with Crippen LogP contribution in [0.1, 0.15) is 40.8 Å². The second kappa shape index (κ2) is 8.86. The highest BCUT2D eigenvalue weighted by Crippen LogP contribution is 2.48. The van der Waals surface area contributed by atoms with Crippen molar-refractivity contribution in [1.29, 1.82) is 0 Å². The molecule has 0 aliphatic rings. The van der Waals surface area contributed by atoms with Crippen LogP contribution in [0.2, 0.25) is 0 Å². The Kier molecular flexibility index (Phi) is 6.46. The normalized spacial score (nSPS) is 12.4. The molecule has 0 bridgehead atoms. The number of aryl methyl sites for hydroxylation is 2. The molecule has 3 rings (SSSR count). The van der Waals surface area contributed by atoms with Crippen LogP contribution in [-0.2, 0) is 4.57 Å². The zero-order valence-electron chi connectivity index (χ0n) is 17.6. The molecule has 29 heavy (non-hydrogen) atoms. The van der Waals surface area contributed by atoms with Crippen LogP contribution in [-0.4, -0.2) is 0 Å². The fraction of sp³-hybridized carbons (Fsp3) is 0.250. The third-order valence-corrected chi connectivity index (χ3v) is 6.78. The van der Waals surface area contributed by atoms with Gasteiger partial charge in [0.25, 0.3) is 0 Å². The van der Waals surface area contributed by atoms with Gasteiger partial charge in [-0.2, -0.15) is 5.09 Å². The van der Waals surface area contributed by atoms with Gasteiger partial charge in [-0.3, -0.25) is 0 Å². The standard InChI is InChI=1S/C24H28NO3P/c1-17-11-9-15-23(19(17)3)27-29(26,25-21(5)22-13-7-6-8-14-22)28-24-16-10-12-18(2)20(24)4/h6-16,21H,1-5H3,(H,25,26)/t21-/m0/s1. The van der Waals surface area contributed by atoms with Gasteiger partial charge in [0.15, 0.2) is 0 Å². The smallest absolute Gasteiger partial charge is 0.404 e. The van der Waals surface area contributed by atoms with E-state index in [4.69, 9.17) is 9.05 Å². The largest absolute Gasteiger partial charge is 0.513 e. The lowest BCUT2D eigenvalue weighted by atomic mass is 10.1. The highest BCUT2D eigenvalue weighted by Gasteiger charge is 2.32. The van der Waals surface area contributed by atoms with Crippen LogP contribution >= 0.6 is 7.75 Å². The summed E-state index contributed by atoms with van der Waals surface area (Å²) in [4.78, 5) is 0. The van der Waals surface area contributed by atoms with Gasteiger partial charge < -0.3 is 9.05 Å². The van der Waals surface area contributed by atoms with Crippen molar-refractivity contribution in [2.75, 3.05) is 0 Å². The molecule has 4 nitrogen and oxygen atoms in total. The van der Waals surface area contributed by atoms with Crippen molar-refractivity contribution in [3.63, 3.8) is 0 Å². The first-order valence-electron chi connectivity index (χ1n) is 9.73. The van der Waals surface area contributed by atoms with Crippen LogP contribution in [0.15, 0.2) is 66.7 Å². The van der Waals surface area contributed by atoms with Gasteiger partial charge in [0.1, 0.15) is 11.5 Å². The van der Waals surface area contributed by atoms with Gasteiger partial charge >= 0.3 is 7.75 Å². The number of hydrogen-bond donors (Lipinski definition) is 1. The molecule has 1 atom stereocenters. The summed E-state index contributed by atoms with van der Waals surface area (Å²) in [7, 11) is -3.73. The SMILES string of the molecule is Cc1cccc(OP(=O)(N[C@@H](C)c2ccccc2)Oc2cccc(C)c2C)c1C. The molecule has 3 aromatic rings. The molecular formula is C24H28NO3P. The fourth-order valence-electron chi connectivity index (χ4n) is 3.03. The van der Waals surface area contributed by atoms with E-state index in [1.165, 1.54) is 0 Å². The molecule has 0 radical (unpaired) electrons. The second-order valence-electron chi connectivity index (χ2n) is 7.34. The summed E-state index contributed by atoms with van der Waals surface area (Å²) < 4.78 is 26.0. The Morgan fingerprint density at radius 3 is 1.69 bits per heavy atom. The van der Waals surface area contributed by atoms with Gasteiger partial charge in [-0.05, 0) is 74.6 Å².